The van der Waals surface area contributed by atoms with E-state index < -0.39 is 11.9 Å². The van der Waals surface area contributed by atoms with Gasteiger partial charge in [0.25, 0.3) is 0 Å². The number of carboxylic acid groups (broad SMARTS) is 1. The standard InChI is InChI=1S/C8H9BrN2O3/c9-6-1-10-11-2-5(8(12)13)3-14-4-7(6)11/h1,5H,2-4H2,(H,12,13). The Hall–Kier alpha value is -0.880. The van der Waals surface area contributed by atoms with E-state index in [-0.39, 0.29) is 6.61 Å². The summed E-state index contributed by atoms with van der Waals surface area (Å²) in [5.74, 6) is -1.35. The van der Waals surface area contributed by atoms with E-state index in [0.29, 0.717) is 13.2 Å². The molecular formula is C8H9BrN2O3. The van der Waals surface area contributed by atoms with Gasteiger partial charge in [0.15, 0.2) is 0 Å². The van der Waals surface area contributed by atoms with E-state index in [2.05, 4.69) is 21.0 Å². The minimum Gasteiger partial charge on any atom is -0.481 e. The molecule has 1 aliphatic rings. The fourth-order valence-electron chi connectivity index (χ4n) is 1.40. The van der Waals surface area contributed by atoms with E-state index >= 15 is 0 Å². The molecule has 1 aromatic heterocycles. The molecular weight excluding hydrogens is 252 g/mol. The molecule has 2 rings (SSSR count). The number of carbonyl (C=O) groups is 1. The number of rotatable bonds is 1. The van der Waals surface area contributed by atoms with E-state index in [1.54, 1.807) is 10.9 Å². The summed E-state index contributed by atoms with van der Waals surface area (Å²) in [6.45, 7) is 1.02. The van der Waals surface area contributed by atoms with Crippen molar-refractivity contribution in [3.8, 4) is 0 Å². The topological polar surface area (TPSA) is 64.3 Å². The van der Waals surface area contributed by atoms with Crippen LogP contribution in [0.15, 0.2) is 10.7 Å². The quantitative estimate of drug-likeness (QED) is 0.814. The Balaban J connectivity index is 2.27. The van der Waals surface area contributed by atoms with Gasteiger partial charge in [-0.2, -0.15) is 5.10 Å². The smallest absolute Gasteiger partial charge is 0.310 e. The molecule has 1 N–H and O–H groups in total. The lowest BCUT2D eigenvalue weighted by molar-refractivity contribution is -0.144. The van der Waals surface area contributed by atoms with Crippen molar-refractivity contribution in [2.24, 2.45) is 5.92 Å². The summed E-state index contributed by atoms with van der Waals surface area (Å²) in [5.41, 5.74) is 0.897. The van der Waals surface area contributed by atoms with Crippen LogP contribution in [0.1, 0.15) is 5.69 Å². The minimum absolute atomic E-state index is 0.241. The molecule has 14 heavy (non-hydrogen) atoms. The summed E-state index contributed by atoms with van der Waals surface area (Å²) in [4.78, 5) is 10.8. The van der Waals surface area contributed by atoms with Crippen molar-refractivity contribution in [3.63, 3.8) is 0 Å². The highest BCUT2D eigenvalue weighted by Crippen LogP contribution is 2.21. The molecule has 0 bridgehead atoms. The summed E-state index contributed by atoms with van der Waals surface area (Å²) in [6.07, 6.45) is 1.66. The third-order valence-corrected chi connectivity index (χ3v) is 2.86. The van der Waals surface area contributed by atoms with Gasteiger partial charge in [-0.15, -0.1) is 0 Å². The zero-order valence-electron chi connectivity index (χ0n) is 7.31. The number of aliphatic carboxylic acids is 1. The molecule has 0 aromatic carbocycles. The van der Waals surface area contributed by atoms with E-state index in [0.717, 1.165) is 10.2 Å². The van der Waals surface area contributed by atoms with E-state index in [1.165, 1.54) is 0 Å². The molecule has 0 aliphatic carbocycles. The van der Waals surface area contributed by atoms with Crippen molar-refractivity contribution in [1.29, 1.82) is 0 Å². The van der Waals surface area contributed by atoms with Crippen LogP contribution in [0.3, 0.4) is 0 Å². The molecule has 0 amide bonds. The van der Waals surface area contributed by atoms with Gasteiger partial charge in [-0.05, 0) is 15.9 Å². The SMILES string of the molecule is O=C(O)C1COCc2c(Br)cnn2C1. The summed E-state index contributed by atoms with van der Waals surface area (Å²) in [5, 5.41) is 12.9. The molecule has 1 unspecified atom stereocenters. The number of carboxylic acids is 1. The first-order valence-corrected chi connectivity index (χ1v) is 4.98. The van der Waals surface area contributed by atoms with Gasteiger partial charge in [-0.3, -0.25) is 9.48 Å². The van der Waals surface area contributed by atoms with Crippen molar-refractivity contribution in [2.45, 2.75) is 13.2 Å². The molecule has 0 saturated heterocycles. The number of nitrogens with zero attached hydrogens (tertiary/aromatic N) is 2. The Morgan fingerprint density at radius 1 is 1.79 bits per heavy atom. The van der Waals surface area contributed by atoms with Crippen LogP contribution in [0.5, 0.6) is 0 Å². The highest BCUT2D eigenvalue weighted by molar-refractivity contribution is 9.10. The highest BCUT2D eigenvalue weighted by Gasteiger charge is 2.24. The van der Waals surface area contributed by atoms with Gasteiger partial charge in [0.05, 0.1) is 42.0 Å². The zero-order chi connectivity index (χ0) is 10.1. The van der Waals surface area contributed by atoms with Gasteiger partial charge < -0.3 is 9.84 Å². The maximum Gasteiger partial charge on any atom is 0.310 e. The number of halogens is 1. The third kappa shape index (κ3) is 1.67. The first-order chi connectivity index (χ1) is 6.68. The first-order valence-electron chi connectivity index (χ1n) is 4.19. The summed E-state index contributed by atoms with van der Waals surface area (Å²) < 4.78 is 7.80. The second-order valence-electron chi connectivity index (χ2n) is 3.17. The largest absolute Gasteiger partial charge is 0.481 e. The minimum atomic E-state index is -0.843. The van der Waals surface area contributed by atoms with Gasteiger partial charge in [0, 0.05) is 0 Å². The van der Waals surface area contributed by atoms with Crippen molar-refractivity contribution in [3.05, 3.63) is 16.4 Å². The van der Waals surface area contributed by atoms with Gasteiger partial charge in [-0.25, -0.2) is 0 Å². The predicted molar refractivity (Wildman–Crippen MR) is 50.7 cm³/mol. The Morgan fingerprint density at radius 2 is 2.57 bits per heavy atom. The van der Waals surface area contributed by atoms with Crippen LogP contribution in [0, 0.1) is 5.92 Å². The van der Waals surface area contributed by atoms with Crippen LogP contribution in [-0.2, 0) is 22.7 Å². The van der Waals surface area contributed by atoms with Crippen LogP contribution in [0.2, 0.25) is 0 Å². The fourth-order valence-corrected chi connectivity index (χ4v) is 1.81. The lowest BCUT2D eigenvalue weighted by Gasteiger charge is -2.07. The number of fused-ring (bicyclic) bond motifs is 1. The molecule has 6 heteroatoms. The van der Waals surface area contributed by atoms with Gasteiger partial charge in [-0.1, -0.05) is 0 Å². The lowest BCUT2D eigenvalue weighted by atomic mass is 10.2. The number of hydrogen-bond acceptors (Lipinski definition) is 3. The fraction of sp³-hybridized carbons (Fsp3) is 0.500. The predicted octanol–water partition coefficient (Wildman–Crippen LogP) is 0.877. The molecule has 1 aromatic rings. The second-order valence-corrected chi connectivity index (χ2v) is 4.03. The number of ether oxygens (including phenoxy) is 1. The normalized spacial score (nSPS) is 21.4. The molecule has 5 nitrogen and oxygen atoms in total. The molecule has 1 aliphatic heterocycles. The van der Waals surface area contributed by atoms with Crippen LogP contribution in [0.4, 0.5) is 0 Å². The first kappa shape index (κ1) is 9.67. The third-order valence-electron chi connectivity index (χ3n) is 2.20. The van der Waals surface area contributed by atoms with Crippen molar-refractivity contribution < 1.29 is 14.6 Å². The van der Waals surface area contributed by atoms with Crippen LogP contribution in [-0.4, -0.2) is 27.5 Å². The van der Waals surface area contributed by atoms with E-state index in [1.807, 2.05) is 0 Å². The van der Waals surface area contributed by atoms with Crippen molar-refractivity contribution >= 4 is 21.9 Å². The summed E-state index contributed by atoms with van der Waals surface area (Å²) in [7, 11) is 0. The lowest BCUT2D eigenvalue weighted by Crippen LogP contribution is -2.23. The Kier molecular flexibility index (Phi) is 2.56. The summed E-state index contributed by atoms with van der Waals surface area (Å²) in [6, 6.07) is 0. The Labute approximate surface area is 88.8 Å². The maximum absolute atomic E-state index is 10.8. The maximum atomic E-state index is 10.8. The molecule has 0 saturated carbocycles. The molecule has 76 valence electrons. The van der Waals surface area contributed by atoms with Crippen LogP contribution >= 0.6 is 15.9 Å². The number of aromatic nitrogens is 2. The second kappa shape index (κ2) is 3.70. The summed E-state index contributed by atoms with van der Waals surface area (Å²) >= 11 is 3.33. The molecule has 0 spiro atoms. The molecule has 1 atom stereocenters. The average Bonchev–Trinajstić information content (AvgIpc) is 2.40. The molecule has 0 fully saturated rings. The van der Waals surface area contributed by atoms with E-state index in [9.17, 15) is 4.79 Å². The monoisotopic (exact) mass is 260 g/mol. The van der Waals surface area contributed by atoms with Crippen molar-refractivity contribution in [2.75, 3.05) is 6.61 Å². The Morgan fingerprint density at radius 3 is 3.29 bits per heavy atom. The average molecular weight is 261 g/mol. The van der Waals surface area contributed by atoms with Gasteiger partial charge in [0.2, 0.25) is 0 Å². The molecule has 2 heterocycles. The van der Waals surface area contributed by atoms with Crippen LogP contribution in [0.25, 0.3) is 0 Å². The Bertz CT molecular complexity index is 363. The zero-order valence-corrected chi connectivity index (χ0v) is 8.90. The molecule has 0 radical (unpaired) electrons. The number of hydrogen-bond donors (Lipinski definition) is 1. The van der Waals surface area contributed by atoms with Crippen LogP contribution < -0.4 is 0 Å². The van der Waals surface area contributed by atoms with Gasteiger partial charge in [0.1, 0.15) is 0 Å². The van der Waals surface area contributed by atoms with E-state index in [4.69, 9.17) is 9.84 Å². The van der Waals surface area contributed by atoms with Crippen molar-refractivity contribution in [1.82, 2.24) is 9.78 Å². The highest BCUT2D eigenvalue weighted by atomic mass is 79.9. The van der Waals surface area contributed by atoms with Gasteiger partial charge >= 0.3 is 5.97 Å².